The van der Waals surface area contributed by atoms with Crippen molar-refractivity contribution in [1.29, 1.82) is 0 Å². The first-order valence-electron chi connectivity index (χ1n) is 5.87. The van der Waals surface area contributed by atoms with E-state index in [2.05, 4.69) is 6.92 Å². The molecule has 0 radical (unpaired) electrons. The molecular weight excluding hydrogens is 198 g/mol. The van der Waals surface area contributed by atoms with Crippen LogP contribution in [-0.4, -0.2) is 12.3 Å². The third-order valence-corrected chi connectivity index (χ3v) is 3.08. The Morgan fingerprint density at radius 3 is 2.56 bits per heavy atom. The maximum atomic E-state index is 12.1. The molecule has 0 bridgehead atoms. The Morgan fingerprint density at radius 1 is 1.31 bits per heavy atom. The van der Waals surface area contributed by atoms with Gasteiger partial charge in [0.2, 0.25) is 0 Å². The number of nitrogens with two attached hydrogens (primary N) is 1. The second-order valence-corrected chi connectivity index (χ2v) is 4.50. The number of carbonyl (C=O) groups excluding carboxylic acids is 1. The minimum atomic E-state index is 0.0747. The predicted octanol–water partition coefficient (Wildman–Crippen LogP) is 2.86. The van der Waals surface area contributed by atoms with E-state index in [9.17, 15) is 4.79 Å². The lowest BCUT2D eigenvalue weighted by atomic mass is 9.93. The number of hydrogen-bond acceptors (Lipinski definition) is 2. The van der Waals surface area contributed by atoms with Gasteiger partial charge in [-0.05, 0) is 50.4 Å². The van der Waals surface area contributed by atoms with Gasteiger partial charge in [0.15, 0.2) is 5.78 Å². The summed E-state index contributed by atoms with van der Waals surface area (Å²) in [6.45, 7) is 6.73. The van der Waals surface area contributed by atoms with Gasteiger partial charge >= 0.3 is 0 Å². The molecule has 0 aliphatic heterocycles. The lowest BCUT2D eigenvalue weighted by molar-refractivity contribution is 0.0923. The molecule has 0 fully saturated rings. The minimum absolute atomic E-state index is 0.0747. The molecule has 1 atom stereocenters. The Bertz CT molecular complexity index is 371. The number of benzene rings is 1. The summed E-state index contributed by atoms with van der Waals surface area (Å²) in [4.78, 5) is 12.1. The highest BCUT2D eigenvalue weighted by Crippen LogP contribution is 2.16. The zero-order valence-electron chi connectivity index (χ0n) is 10.4. The first-order valence-corrected chi connectivity index (χ1v) is 5.87. The van der Waals surface area contributed by atoms with Gasteiger partial charge in [0.1, 0.15) is 0 Å². The van der Waals surface area contributed by atoms with E-state index < -0.39 is 0 Å². The highest BCUT2D eigenvalue weighted by molar-refractivity contribution is 5.97. The Labute approximate surface area is 97.9 Å². The van der Waals surface area contributed by atoms with Gasteiger partial charge in [0.05, 0.1) is 0 Å². The van der Waals surface area contributed by atoms with Crippen molar-refractivity contribution in [3.8, 4) is 0 Å². The predicted molar refractivity (Wildman–Crippen MR) is 67.7 cm³/mol. The molecule has 2 heteroatoms. The fourth-order valence-corrected chi connectivity index (χ4v) is 1.73. The summed E-state index contributed by atoms with van der Waals surface area (Å²) in [6, 6.07) is 5.92. The summed E-state index contributed by atoms with van der Waals surface area (Å²) in [6.07, 6.45) is 1.79. The van der Waals surface area contributed by atoms with Gasteiger partial charge in [-0.3, -0.25) is 4.79 Å². The van der Waals surface area contributed by atoms with Crippen LogP contribution in [0.5, 0.6) is 0 Å². The van der Waals surface area contributed by atoms with E-state index in [1.54, 1.807) is 0 Å². The third kappa shape index (κ3) is 3.17. The summed E-state index contributed by atoms with van der Waals surface area (Å²) in [5, 5.41) is 0. The van der Waals surface area contributed by atoms with Crippen LogP contribution < -0.4 is 5.73 Å². The van der Waals surface area contributed by atoms with E-state index in [0.717, 1.165) is 18.4 Å². The van der Waals surface area contributed by atoms with E-state index in [1.165, 1.54) is 11.1 Å². The van der Waals surface area contributed by atoms with E-state index in [1.807, 2.05) is 32.0 Å². The van der Waals surface area contributed by atoms with E-state index in [0.29, 0.717) is 6.54 Å². The molecule has 2 N–H and O–H groups in total. The second kappa shape index (κ2) is 5.80. The largest absolute Gasteiger partial charge is 0.330 e. The fraction of sp³-hybridized carbons (Fsp3) is 0.500. The molecular formula is C14H21NO. The van der Waals surface area contributed by atoms with Gasteiger partial charge in [-0.2, -0.15) is 0 Å². The number of aryl methyl sites for hydroxylation is 2. The quantitative estimate of drug-likeness (QED) is 0.774. The molecule has 1 aromatic carbocycles. The molecule has 1 rings (SSSR count). The third-order valence-electron chi connectivity index (χ3n) is 3.08. The van der Waals surface area contributed by atoms with Crippen LogP contribution in [0, 0.1) is 19.8 Å². The SMILES string of the molecule is Cc1ccc(C(=O)C(C)CCCN)cc1C. The molecule has 0 saturated carbocycles. The molecule has 0 aromatic heterocycles. The van der Waals surface area contributed by atoms with Crippen LogP contribution in [0.2, 0.25) is 0 Å². The Morgan fingerprint density at radius 2 is 2.00 bits per heavy atom. The molecule has 1 aromatic rings. The molecule has 0 aliphatic carbocycles. The zero-order valence-corrected chi connectivity index (χ0v) is 10.4. The van der Waals surface area contributed by atoms with Crippen molar-refractivity contribution >= 4 is 5.78 Å². The van der Waals surface area contributed by atoms with Crippen LogP contribution >= 0.6 is 0 Å². The van der Waals surface area contributed by atoms with Gasteiger partial charge < -0.3 is 5.73 Å². The van der Waals surface area contributed by atoms with E-state index >= 15 is 0 Å². The summed E-state index contributed by atoms with van der Waals surface area (Å²) in [5.41, 5.74) is 8.68. The van der Waals surface area contributed by atoms with Crippen LogP contribution in [0.25, 0.3) is 0 Å². The van der Waals surface area contributed by atoms with Crippen molar-refractivity contribution in [3.05, 3.63) is 34.9 Å². The fourth-order valence-electron chi connectivity index (χ4n) is 1.73. The first kappa shape index (κ1) is 12.9. The molecule has 2 nitrogen and oxygen atoms in total. The average molecular weight is 219 g/mol. The van der Waals surface area contributed by atoms with Crippen LogP contribution in [0.15, 0.2) is 18.2 Å². The summed E-state index contributed by atoms with van der Waals surface area (Å²) >= 11 is 0. The monoisotopic (exact) mass is 219 g/mol. The summed E-state index contributed by atoms with van der Waals surface area (Å²) < 4.78 is 0. The summed E-state index contributed by atoms with van der Waals surface area (Å²) in [7, 11) is 0. The number of ketones is 1. The van der Waals surface area contributed by atoms with Gasteiger partial charge in [0, 0.05) is 11.5 Å². The van der Waals surface area contributed by atoms with Crippen LogP contribution in [0.4, 0.5) is 0 Å². The van der Waals surface area contributed by atoms with E-state index in [4.69, 9.17) is 5.73 Å². The maximum Gasteiger partial charge on any atom is 0.165 e. The summed E-state index contributed by atoms with van der Waals surface area (Å²) in [5.74, 6) is 0.308. The highest BCUT2D eigenvalue weighted by atomic mass is 16.1. The van der Waals surface area contributed by atoms with Gasteiger partial charge in [-0.1, -0.05) is 19.1 Å². The lowest BCUT2D eigenvalue weighted by Gasteiger charge is -2.11. The smallest absolute Gasteiger partial charge is 0.165 e. The van der Waals surface area contributed by atoms with Gasteiger partial charge in [-0.25, -0.2) is 0 Å². The van der Waals surface area contributed by atoms with Crippen LogP contribution in [0.3, 0.4) is 0 Å². The number of hydrogen-bond donors (Lipinski definition) is 1. The van der Waals surface area contributed by atoms with Gasteiger partial charge in [0.25, 0.3) is 0 Å². The minimum Gasteiger partial charge on any atom is -0.330 e. The normalized spacial score (nSPS) is 12.5. The molecule has 0 spiro atoms. The Balaban J connectivity index is 2.76. The molecule has 1 unspecified atom stereocenters. The molecule has 0 aliphatic rings. The van der Waals surface area contributed by atoms with Crippen molar-refractivity contribution in [2.75, 3.05) is 6.54 Å². The molecule has 88 valence electrons. The number of carbonyl (C=O) groups is 1. The van der Waals surface area contributed by atoms with Crippen molar-refractivity contribution in [2.24, 2.45) is 11.7 Å². The van der Waals surface area contributed by atoms with Crippen molar-refractivity contribution in [3.63, 3.8) is 0 Å². The molecule has 0 amide bonds. The number of rotatable bonds is 5. The van der Waals surface area contributed by atoms with Crippen LogP contribution in [0.1, 0.15) is 41.3 Å². The maximum absolute atomic E-state index is 12.1. The van der Waals surface area contributed by atoms with E-state index in [-0.39, 0.29) is 11.7 Å². The van der Waals surface area contributed by atoms with Crippen molar-refractivity contribution in [2.45, 2.75) is 33.6 Å². The Hall–Kier alpha value is -1.15. The Kier molecular flexibility index (Phi) is 4.69. The van der Waals surface area contributed by atoms with Gasteiger partial charge in [-0.15, -0.1) is 0 Å². The molecule has 16 heavy (non-hydrogen) atoms. The highest BCUT2D eigenvalue weighted by Gasteiger charge is 2.14. The zero-order chi connectivity index (χ0) is 12.1. The lowest BCUT2D eigenvalue weighted by Crippen LogP contribution is -2.13. The van der Waals surface area contributed by atoms with Crippen molar-refractivity contribution < 1.29 is 4.79 Å². The average Bonchev–Trinajstić information content (AvgIpc) is 2.28. The molecule has 0 saturated heterocycles. The first-order chi connectivity index (χ1) is 7.56. The number of Topliss-reactive ketones (excluding diaryl/α,β-unsaturated/α-hetero) is 1. The van der Waals surface area contributed by atoms with Crippen molar-refractivity contribution in [1.82, 2.24) is 0 Å². The standard InChI is InChI=1S/C14H21NO/c1-10-6-7-13(9-12(10)3)14(16)11(2)5-4-8-15/h6-7,9,11H,4-5,8,15H2,1-3H3. The topological polar surface area (TPSA) is 43.1 Å². The molecule has 0 heterocycles. The second-order valence-electron chi connectivity index (χ2n) is 4.50. The van der Waals surface area contributed by atoms with Crippen LogP contribution in [-0.2, 0) is 0 Å².